The molecule has 78 valence electrons. The van der Waals surface area contributed by atoms with Crippen molar-refractivity contribution >= 4 is 22.4 Å². The number of hydrogen-bond donors (Lipinski definition) is 1. The van der Waals surface area contributed by atoms with E-state index in [-0.39, 0.29) is 5.78 Å². The zero-order chi connectivity index (χ0) is 11.1. The Hall–Kier alpha value is -2.16. The minimum Gasteiger partial charge on any atom is -0.397 e. The first-order valence-electron chi connectivity index (χ1n) is 5.15. The van der Waals surface area contributed by atoms with Crippen molar-refractivity contribution in [3.63, 3.8) is 0 Å². The maximum atomic E-state index is 11.7. The second-order valence-electron chi connectivity index (χ2n) is 3.86. The molecule has 1 aliphatic carbocycles. The van der Waals surface area contributed by atoms with E-state index in [0.29, 0.717) is 23.4 Å². The van der Waals surface area contributed by atoms with Gasteiger partial charge in [0.2, 0.25) is 0 Å². The molecule has 0 saturated carbocycles. The van der Waals surface area contributed by atoms with Gasteiger partial charge in [-0.3, -0.25) is 4.79 Å². The average Bonchev–Trinajstić information content (AvgIpc) is 2.32. The fourth-order valence-electron chi connectivity index (χ4n) is 1.96. The third kappa shape index (κ3) is 1.21. The van der Waals surface area contributed by atoms with Crippen molar-refractivity contribution < 1.29 is 4.79 Å². The predicted molar refractivity (Wildman–Crippen MR) is 62.9 cm³/mol. The molecule has 1 aromatic heterocycles. The van der Waals surface area contributed by atoms with Crippen molar-refractivity contribution in [1.82, 2.24) is 4.98 Å². The van der Waals surface area contributed by atoms with Crippen molar-refractivity contribution in [2.24, 2.45) is 5.73 Å². The van der Waals surface area contributed by atoms with Crippen molar-refractivity contribution in [3.8, 4) is 0 Å². The number of para-hydroxylation sites is 1. The summed E-state index contributed by atoms with van der Waals surface area (Å²) >= 11 is 0. The van der Waals surface area contributed by atoms with E-state index >= 15 is 0 Å². The first-order valence-corrected chi connectivity index (χ1v) is 5.15. The van der Waals surface area contributed by atoms with Crippen LogP contribution in [0.2, 0.25) is 0 Å². The van der Waals surface area contributed by atoms with Crippen molar-refractivity contribution in [2.45, 2.75) is 6.42 Å². The number of fused-ring (bicyclic) bond motifs is 2. The van der Waals surface area contributed by atoms with Crippen LogP contribution in [-0.4, -0.2) is 10.8 Å². The van der Waals surface area contributed by atoms with Crippen LogP contribution in [0.3, 0.4) is 0 Å². The van der Waals surface area contributed by atoms with E-state index in [1.165, 1.54) is 0 Å². The molecule has 0 spiro atoms. The Bertz CT molecular complexity index is 629. The van der Waals surface area contributed by atoms with Crippen LogP contribution in [0.25, 0.3) is 16.6 Å². The van der Waals surface area contributed by atoms with Gasteiger partial charge in [-0.1, -0.05) is 24.3 Å². The lowest BCUT2D eigenvalue weighted by molar-refractivity contribution is 0.0994. The molecule has 2 N–H and O–H groups in total. The maximum Gasteiger partial charge on any atom is 0.168 e. The third-order valence-corrected chi connectivity index (χ3v) is 2.81. The number of Topliss-reactive ketones (excluding diaryl/α,β-unsaturated/α-hetero) is 1. The van der Waals surface area contributed by atoms with E-state index in [2.05, 4.69) is 4.98 Å². The van der Waals surface area contributed by atoms with E-state index in [9.17, 15) is 4.79 Å². The summed E-state index contributed by atoms with van der Waals surface area (Å²) in [5, 5.41) is 0.976. The van der Waals surface area contributed by atoms with Crippen molar-refractivity contribution in [2.75, 3.05) is 0 Å². The molecule has 3 nitrogen and oxygen atoms in total. The van der Waals surface area contributed by atoms with Crippen LogP contribution in [0.1, 0.15) is 22.5 Å². The molecule has 0 amide bonds. The fourth-order valence-corrected chi connectivity index (χ4v) is 1.96. The van der Waals surface area contributed by atoms with Crippen LogP contribution in [0.15, 0.2) is 36.4 Å². The number of nitrogens with zero attached hydrogens (tertiary/aromatic N) is 1. The van der Waals surface area contributed by atoms with Gasteiger partial charge in [0.25, 0.3) is 0 Å². The Labute approximate surface area is 92.6 Å². The van der Waals surface area contributed by atoms with Crippen LogP contribution >= 0.6 is 0 Å². The molecule has 0 unspecified atom stereocenters. The molecule has 0 fully saturated rings. The molecule has 16 heavy (non-hydrogen) atoms. The third-order valence-electron chi connectivity index (χ3n) is 2.81. The topological polar surface area (TPSA) is 56.0 Å². The van der Waals surface area contributed by atoms with E-state index < -0.39 is 0 Å². The Kier molecular flexibility index (Phi) is 1.80. The lowest BCUT2D eigenvalue weighted by Gasteiger charge is -2.13. The van der Waals surface area contributed by atoms with E-state index in [0.717, 1.165) is 10.9 Å². The number of carbonyl (C=O) groups excluding carboxylic acids is 1. The summed E-state index contributed by atoms with van der Waals surface area (Å²) in [5.74, 6) is 0.0856. The van der Waals surface area contributed by atoms with E-state index in [4.69, 9.17) is 5.73 Å². The molecule has 0 aliphatic heterocycles. The van der Waals surface area contributed by atoms with Crippen LogP contribution < -0.4 is 5.73 Å². The second kappa shape index (κ2) is 3.17. The van der Waals surface area contributed by atoms with E-state index in [1.54, 1.807) is 6.08 Å². The number of pyridine rings is 1. The van der Waals surface area contributed by atoms with Crippen LogP contribution in [-0.2, 0) is 0 Å². The van der Waals surface area contributed by atoms with Crippen molar-refractivity contribution in [3.05, 3.63) is 47.7 Å². The predicted octanol–water partition coefficient (Wildman–Crippen LogP) is 2.12. The summed E-state index contributed by atoms with van der Waals surface area (Å²) < 4.78 is 0. The highest BCUT2D eigenvalue weighted by Crippen LogP contribution is 2.25. The summed E-state index contributed by atoms with van der Waals surface area (Å²) in [7, 11) is 0. The van der Waals surface area contributed by atoms with Gasteiger partial charge < -0.3 is 5.73 Å². The molecule has 1 aromatic carbocycles. The number of nitrogens with two attached hydrogens (primary N) is 1. The summed E-state index contributed by atoms with van der Waals surface area (Å²) in [5.41, 5.74) is 8.57. The summed E-state index contributed by atoms with van der Waals surface area (Å²) in [6.07, 6.45) is 2.10. The van der Waals surface area contributed by atoms with Gasteiger partial charge >= 0.3 is 0 Å². The molecule has 0 bridgehead atoms. The minimum atomic E-state index is 0.0856. The lowest BCUT2D eigenvalue weighted by Crippen LogP contribution is -2.13. The molecule has 3 heteroatoms. The highest BCUT2D eigenvalue weighted by atomic mass is 16.1. The normalized spacial score (nSPS) is 14.8. The number of ketones is 1. The number of allylic oxidation sites excluding steroid dienone is 1. The monoisotopic (exact) mass is 210 g/mol. The second-order valence-corrected chi connectivity index (χ2v) is 3.86. The molecule has 2 aromatic rings. The summed E-state index contributed by atoms with van der Waals surface area (Å²) in [6, 6.07) is 9.60. The number of rotatable bonds is 0. The quantitative estimate of drug-likeness (QED) is 0.724. The molecule has 0 radical (unpaired) electrons. The van der Waals surface area contributed by atoms with Gasteiger partial charge in [0.15, 0.2) is 5.78 Å². The number of benzene rings is 1. The number of hydrogen-bond acceptors (Lipinski definition) is 3. The van der Waals surface area contributed by atoms with Crippen LogP contribution in [0.4, 0.5) is 0 Å². The Morgan fingerprint density at radius 2 is 2.06 bits per heavy atom. The van der Waals surface area contributed by atoms with Gasteiger partial charge in [-0.15, -0.1) is 0 Å². The zero-order valence-electron chi connectivity index (χ0n) is 8.60. The summed E-state index contributed by atoms with van der Waals surface area (Å²) in [4.78, 5) is 16.2. The van der Waals surface area contributed by atoms with E-state index in [1.807, 2.05) is 30.3 Å². The number of aromatic nitrogens is 1. The zero-order valence-corrected chi connectivity index (χ0v) is 8.60. The fraction of sp³-hybridized carbons (Fsp3) is 0.0769. The number of carbonyl (C=O) groups is 1. The van der Waals surface area contributed by atoms with Gasteiger partial charge in [0.05, 0.1) is 16.9 Å². The van der Waals surface area contributed by atoms with Crippen molar-refractivity contribution in [1.29, 1.82) is 0 Å². The summed E-state index contributed by atoms with van der Waals surface area (Å²) in [6.45, 7) is 0. The lowest BCUT2D eigenvalue weighted by atomic mass is 9.97. The largest absolute Gasteiger partial charge is 0.397 e. The average molecular weight is 210 g/mol. The van der Waals surface area contributed by atoms with Gasteiger partial charge in [0.1, 0.15) is 0 Å². The molecular weight excluding hydrogens is 200 g/mol. The molecule has 1 aliphatic rings. The molecule has 0 saturated heterocycles. The smallest absolute Gasteiger partial charge is 0.168 e. The molecule has 0 atom stereocenters. The van der Waals surface area contributed by atoms with Crippen LogP contribution in [0.5, 0.6) is 0 Å². The minimum absolute atomic E-state index is 0.0856. The Balaban J connectivity index is 2.39. The first kappa shape index (κ1) is 9.09. The highest BCUT2D eigenvalue weighted by Gasteiger charge is 2.19. The molecule has 3 rings (SSSR count). The Morgan fingerprint density at radius 3 is 2.94 bits per heavy atom. The molecular formula is C13H10N2O. The first-order chi connectivity index (χ1) is 7.75. The highest BCUT2D eigenvalue weighted by molar-refractivity contribution is 6.06. The van der Waals surface area contributed by atoms with Crippen LogP contribution in [0, 0.1) is 0 Å². The standard InChI is InChI=1S/C13H10N2O/c14-10-5-6-12(16)9-7-8-3-1-2-4-11(8)15-13(9)10/h1-5,7H,6,14H2. The molecule has 1 heterocycles. The van der Waals surface area contributed by atoms with Gasteiger partial charge in [-0.05, 0) is 12.1 Å². The van der Waals surface area contributed by atoms with Gasteiger partial charge in [-0.2, -0.15) is 0 Å². The maximum absolute atomic E-state index is 11.7. The SMILES string of the molecule is NC1=CCC(=O)c2cc3ccccc3nc21. The van der Waals surface area contributed by atoms with Gasteiger partial charge in [0, 0.05) is 17.4 Å². The van der Waals surface area contributed by atoms with Gasteiger partial charge in [-0.25, -0.2) is 4.98 Å². The Morgan fingerprint density at radius 1 is 1.25 bits per heavy atom.